The van der Waals surface area contributed by atoms with Crippen molar-refractivity contribution < 1.29 is 18.1 Å². The largest absolute Gasteiger partial charge is 0.289 e. The summed E-state index contributed by atoms with van der Waals surface area (Å²) < 4.78 is 26.9. The highest BCUT2D eigenvalue weighted by Gasteiger charge is 2.33. The number of para-hydroxylation sites is 1. The first-order chi connectivity index (χ1) is 11.6. The van der Waals surface area contributed by atoms with E-state index in [1.165, 1.54) is 18.2 Å². The zero-order valence-electron chi connectivity index (χ0n) is 13.5. The molecule has 2 aromatic carbocycles. The number of anilines is 1. The number of hydrogen-bond donors (Lipinski definition) is 0. The summed E-state index contributed by atoms with van der Waals surface area (Å²) in [5.74, 6) is 0. The third-order valence-corrected chi connectivity index (χ3v) is 5.45. The Morgan fingerprint density at radius 1 is 1.20 bits per heavy atom. The molecule has 9 heteroatoms. The van der Waals surface area contributed by atoms with E-state index in [1.807, 2.05) is 6.92 Å². The predicted octanol–water partition coefficient (Wildman–Crippen LogP) is 3.17. The molecule has 0 saturated heterocycles. The van der Waals surface area contributed by atoms with Gasteiger partial charge < -0.3 is 0 Å². The number of nitro benzene ring substituents is 1. The van der Waals surface area contributed by atoms with Crippen LogP contribution in [0.5, 0.6) is 0 Å². The van der Waals surface area contributed by atoms with Crippen LogP contribution in [0.4, 0.5) is 11.4 Å². The SMILES string of the molecule is Cc1ccc(N(CC(=O)Cl)S(=O)(=O)c2ccccc2[N+](=O)[O-])c(C)c1. The Balaban J connectivity index is 2.69. The molecular formula is C16H15ClN2O5S. The smallest absolute Gasteiger partial charge is 0.279 e. The maximum Gasteiger partial charge on any atom is 0.289 e. The van der Waals surface area contributed by atoms with E-state index in [2.05, 4.69) is 0 Å². The molecule has 0 aliphatic heterocycles. The van der Waals surface area contributed by atoms with Crippen molar-refractivity contribution in [3.05, 3.63) is 63.7 Å². The van der Waals surface area contributed by atoms with Crippen LogP contribution in [0.15, 0.2) is 47.4 Å². The monoisotopic (exact) mass is 382 g/mol. The number of rotatable bonds is 6. The van der Waals surface area contributed by atoms with Gasteiger partial charge in [0, 0.05) is 6.07 Å². The van der Waals surface area contributed by atoms with Gasteiger partial charge >= 0.3 is 0 Å². The van der Waals surface area contributed by atoms with Gasteiger partial charge in [0.05, 0.1) is 10.6 Å². The molecule has 0 saturated carbocycles. The highest BCUT2D eigenvalue weighted by atomic mass is 35.5. The van der Waals surface area contributed by atoms with Gasteiger partial charge in [-0.2, -0.15) is 0 Å². The lowest BCUT2D eigenvalue weighted by Crippen LogP contribution is -2.35. The summed E-state index contributed by atoms with van der Waals surface area (Å²) in [6.45, 7) is 2.88. The van der Waals surface area contributed by atoms with Crippen LogP contribution >= 0.6 is 11.6 Å². The van der Waals surface area contributed by atoms with E-state index in [1.54, 1.807) is 19.1 Å². The quantitative estimate of drug-likeness (QED) is 0.434. The molecule has 2 rings (SSSR count). The number of aryl methyl sites for hydroxylation is 2. The van der Waals surface area contributed by atoms with E-state index in [0.717, 1.165) is 22.0 Å². The topological polar surface area (TPSA) is 97.6 Å². The van der Waals surface area contributed by atoms with Crippen molar-refractivity contribution in [2.24, 2.45) is 0 Å². The molecule has 25 heavy (non-hydrogen) atoms. The standard InChI is InChI=1S/C16H15ClN2O5S/c1-11-7-8-13(12(2)9-11)18(10-16(17)20)25(23,24)15-6-4-3-5-14(15)19(21)22/h3-9H,10H2,1-2H3. The third kappa shape index (κ3) is 3.97. The molecule has 0 aromatic heterocycles. The second-order valence-corrected chi connectivity index (χ2v) is 7.63. The van der Waals surface area contributed by atoms with E-state index in [0.29, 0.717) is 5.56 Å². The van der Waals surface area contributed by atoms with Crippen LogP contribution in [-0.2, 0) is 14.8 Å². The molecule has 0 bridgehead atoms. The summed E-state index contributed by atoms with van der Waals surface area (Å²) in [5.41, 5.74) is 1.17. The Morgan fingerprint density at radius 2 is 1.84 bits per heavy atom. The van der Waals surface area contributed by atoms with Gasteiger partial charge in [0.25, 0.3) is 15.7 Å². The zero-order valence-corrected chi connectivity index (χ0v) is 15.0. The number of halogens is 1. The van der Waals surface area contributed by atoms with Crippen molar-refractivity contribution >= 4 is 38.2 Å². The van der Waals surface area contributed by atoms with Crippen molar-refractivity contribution in [1.29, 1.82) is 0 Å². The van der Waals surface area contributed by atoms with Crippen LogP contribution in [-0.4, -0.2) is 25.1 Å². The lowest BCUT2D eigenvalue weighted by atomic mass is 10.1. The molecule has 0 N–H and O–H groups in total. The van der Waals surface area contributed by atoms with Crippen LogP contribution in [0.2, 0.25) is 0 Å². The molecule has 7 nitrogen and oxygen atoms in total. The molecule has 0 fully saturated rings. The summed E-state index contributed by atoms with van der Waals surface area (Å²) in [5, 5.41) is 10.3. The van der Waals surface area contributed by atoms with Gasteiger partial charge in [-0.15, -0.1) is 0 Å². The number of nitrogens with zero attached hydrogens (tertiary/aromatic N) is 2. The predicted molar refractivity (Wildman–Crippen MR) is 94.4 cm³/mol. The molecule has 0 amide bonds. The number of carbonyl (C=O) groups is 1. The van der Waals surface area contributed by atoms with Crippen molar-refractivity contribution in [3.63, 3.8) is 0 Å². The summed E-state index contributed by atoms with van der Waals surface area (Å²) in [4.78, 5) is 21.3. The normalized spacial score (nSPS) is 11.2. The van der Waals surface area contributed by atoms with Crippen molar-refractivity contribution in [1.82, 2.24) is 0 Å². The van der Waals surface area contributed by atoms with Crippen LogP contribution in [0.1, 0.15) is 11.1 Å². The first kappa shape index (κ1) is 18.9. The van der Waals surface area contributed by atoms with E-state index < -0.39 is 37.3 Å². The molecule has 0 atom stereocenters. The van der Waals surface area contributed by atoms with E-state index in [9.17, 15) is 23.3 Å². The zero-order chi connectivity index (χ0) is 18.8. The number of nitro groups is 1. The van der Waals surface area contributed by atoms with Crippen LogP contribution in [0, 0.1) is 24.0 Å². The minimum Gasteiger partial charge on any atom is -0.279 e. The fraction of sp³-hybridized carbons (Fsp3) is 0.188. The highest BCUT2D eigenvalue weighted by molar-refractivity contribution is 7.93. The fourth-order valence-electron chi connectivity index (χ4n) is 2.44. The van der Waals surface area contributed by atoms with Gasteiger partial charge in [0.15, 0.2) is 4.90 Å². The van der Waals surface area contributed by atoms with Gasteiger partial charge in [-0.1, -0.05) is 29.8 Å². The summed E-state index contributed by atoms with van der Waals surface area (Å²) in [6, 6.07) is 9.93. The lowest BCUT2D eigenvalue weighted by Gasteiger charge is -2.24. The summed E-state index contributed by atoms with van der Waals surface area (Å²) >= 11 is 5.42. The van der Waals surface area contributed by atoms with Crippen molar-refractivity contribution in [2.75, 3.05) is 10.8 Å². The molecule has 0 heterocycles. The van der Waals surface area contributed by atoms with Gasteiger partial charge in [-0.3, -0.25) is 19.2 Å². The molecular weight excluding hydrogens is 368 g/mol. The van der Waals surface area contributed by atoms with Crippen LogP contribution < -0.4 is 4.31 Å². The molecule has 2 aromatic rings. The number of sulfonamides is 1. The molecule has 0 unspecified atom stereocenters. The van der Waals surface area contributed by atoms with Crippen molar-refractivity contribution in [2.45, 2.75) is 18.7 Å². The highest BCUT2D eigenvalue weighted by Crippen LogP contribution is 2.31. The van der Waals surface area contributed by atoms with Gasteiger partial charge in [0.2, 0.25) is 5.24 Å². The summed E-state index contributed by atoms with van der Waals surface area (Å²) in [7, 11) is -4.37. The first-order valence-corrected chi connectivity index (χ1v) is 8.98. The number of benzene rings is 2. The Hall–Kier alpha value is -2.45. The minimum atomic E-state index is -4.37. The van der Waals surface area contributed by atoms with Gasteiger partial charge in [-0.05, 0) is 43.1 Å². The maximum absolute atomic E-state index is 13.0. The molecule has 132 valence electrons. The summed E-state index contributed by atoms with van der Waals surface area (Å²) in [6.07, 6.45) is 0. The Labute approximate surface area is 150 Å². The number of hydrogen-bond acceptors (Lipinski definition) is 5. The Bertz CT molecular complexity index is 943. The second-order valence-electron chi connectivity index (χ2n) is 5.38. The minimum absolute atomic E-state index is 0.234. The lowest BCUT2D eigenvalue weighted by molar-refractivity contribution is -0.387. The van der Waals surface area contributed by atoms with E-state index >= 15 is 0 Å². The Kier molecular flexibility index (Phi) is 5.44. The first-order valence-electron chi connectivity index (χ1n) is 7.16. The van der Waals surface area contributed by atoms with E-state index in [4.69, 9.17) is 11.6 Å². The maximum atomic E-state index is 13.0. The average molecular weight is 383 g/mol. The van der Waals surface area contributed by atoms with Crippen molar-refractivity contribution in [3.8, 4) is 0 Å². The van der Waals surface area contributed by atoms with Crippen LogP contribution in [0.25, 0.3) is 0 Å². The average Bonchev–Trinajstić information content (AvgIpc) is 2.53. The molecule has 0 spiro atoms. The molecule has 0 aliphatic carbocycles. The fourth-order valence-corrected chi connectivity index (χ4v) is 4.28. The third-order valence-electron chi connectivity index (χ3n) is 3.52. The number of carbonyl (C=O) groups excluding carboxylic acids is 1. The van der Waals surface area contributed by atoms with Gasteiger partial charge in [-0.25, -0.2) is 8.42 Å². The van der Waals surface area contributed by atoms with Gasteiger partial charge in [0.1, 0.15) is 6.54 Å². The Morgan fingerprint density at radius 3 is 2.40 bits per heavy atom. The molecule has 0 radical (unpaired) electrons. The van der Waals surface area contributed by atoms with E-state index in [-0.39, 0.29) is 5.69 Å². The molecule has 0 aliphatic rings. The van der Waals surface area contributed by atoms with Crippen LogP contribution in [0.3, 0.4) is 0 Å². The second kappa shape index (κ2) is 7.20.